The van der Waals surface area contributed by atoms with Crippen molar-refractivity contribution < 1.29 is 14.3 Å². The fourth-order valence-corrected chi connectivity index (χ4v) is 6.20. The predicted molar refractivity (Wildman–Crippen MR) is 171 cm³/mol. The van der Waals surface area contributed by atoms with Gasteiger partial charge < -0.3 is 9.64 Å². The first-order valence-corrected chi connectivity index (χ1v) is 15.4. The number of likely N-dealkylation sites (tertiary alicyclic amines) is 1. The van der Waals surface area contributed by atoms with Crippen molar-refractivity contribution in [2.24, 2.45) is 4.99 Å². The number of ketones is 1. The number of rotatable bonds is 5. The number of nitrogens with zero attached hydrogens (tertiary/aromatic N) is 4. The maximum absolute atomic E-state index is 14.8. The van der Waals surface area contributed by atoms with Gasteiger partial charge in [0.05, 0.1) is 12.2 Å². The summed E-state index contributed by atoms with van der Waals surface area (Å²) in [4.78, 5) is 40.7. The number of hydrogen-bond donors (Lipinski definition) is 0. The molecule has 0 spiro atoms. The molecule has 3 heterocycles. The molecule has 5 rings (SSSR count). The third-order valence-corrected chi connectivity index (χ3v) is 9.21. The van der Waals surface area contributed by atoms with E-state index in [1.807, 2.05) is 75.4 Å². The Morgan fingerprint density at radius 1 is 0.953 bits per heavy atom. The lowest BCUT2D eigenvalue weighted by Gasteiger charge is -2.47. The number of aromatic nitrogens is 1. The quantitative estimate of drug-likeness (QED) is 0.292. The Morgan fingerprint density at radius 2 is 1.51 bits per heavy atom. The fraction of sp³-hybridized carbons (Fsp3) is 0.412. The van der Waals surface area contributed by atoms with Crippen molar-refractivity contribution in [2.75, 3.05) is 19.7 Å². The van der Waals surface area contributed by atoms with E-state index in [0.29, 0.717) is 59.7 Å². The van der Waals surface area contributed by atoms with Crippen LogP contribution in [0.3, 0.4) is 0 Å². The second kappa shape index (κ2) is 11.6. The zero-order valence-electron chi connectivity index (χ0n) is 25.6. The zero-order chi connectivity index (χ0) is 31.2. The van der Waals surface area contributed by atoms with Gasteiger partial charge in [0.15, 0.2) is 0 Å². The largest absolute Gasteiger partial charge is 0.493 e. The van der Waals surface area contributed by atoms with Gasteiger partial charge in [-0.2, -0.15) is 0 Å². The molecule has 2 aromatic carbocycles. The van der Waals surface area contributed by atoms with Crippen molar-refractivity contribution in [1.82, 2.24) is 14.8 Å². The Labute approximate surface area is 263 Å². The van der Waals surface area contributed by atoms with E-state index < -0.39 is 11.1 Å². The number of hydrogen-bond acceptors (Lipinski definition) is 5. The van der Waals surface area contributed by atoms with Crippen LogP contribution in [0.4, 0.5) is 4.79 Å². The van der Waals surface area contributed by atoms with E-state index in [4.69, 9.17) is 37.9 Å². The van der Waals surface area contributed by atoms with Gasteiger partial charge in [-0.3, -0.25) is 19.7 Å². The number of halogens is 2. The summed E-state index contributed by atoms with van der Waals surface area (Å²) < 4.78 is 6.20. The molecule has 2 aliphatic rings. The third-order valence-electron chi connectivity index (χ3n) is 8.71. The molecule has 0 unspecified atom stereocenters. The number of carbonyl (C=O) groups is 2. The highest BCUT2D eigenvalue weighted by Gasteiger charge is 2.60. The molecule has 9 heteroatoms. The molecule has 2 aliphatic heterocycles. The van der Waals surface area contributed by atoms with Crippen LogP contribution in [0.1, 0.15) is 76.8 Å². The first-order valence-electron chi connectivity index (χ1n) is 14.7. The molecule has 3 aromatic rings. The molecule has 0 N–H and O–H groups in total. The molecule has 0 bridgehead atoms. The van der Waals surface area contributed by atoms with Crippen LogP contribution in [0.5, 0.6) is 5.75 Å². The molecular weight excluding hydrogens is 583 g/mol. The van der Waals surface area contributed by atoms with Crippen molar-refractivity contribution in [3.05, 3.63) is 93.2 Å². The highest BCUT2D eigenvalue weighted by atomic mass is 35.5. The Bertz CT molecular complexity index is 1560. The number of Topliss-reactive ketones (excluding diaryl/α,β-unsaturated/α-hetero) is 1. The van der Waals surface area contributed by atoms with Crippen molar-refractivity contribution in [1.29, 1.82) is 0 Å². The predicted octanol–water partition coefficient (Wildman–Crippen LogP) is 7.76. The summed E-state index contributed by atoms with van der Waals surface area (Å²) in [6.45, 7) is 13.4. The topological polar surface area (TPSA) is 75.1 Å². The van der Waals surface area contributed by atoms with Crippen molar-refractivity contribution in [2.45, 2.75) is 70.9 Å². The van der Waals surface area contributed by atoms with Crippen LogP contribution in [-0.2, 0) is 21.3 Å². The summed E-state index contributed by atoms with van der Waals surface area (Å²) in [6.07, 6.45) is 2.41. The maximum atomic E-state index is 14.8. The number of carbonyl (C=O) groups excluding carboxylic acids is 2. The van der Waals surface area contributed by atoms with Gasteiger partial charge in [-0.05, 0) is 56.2 Å². The van der Waals surface area contributed by atoms with Gasteiger partial charge >= 0.3 is 6.03 Å². The van der Waals surface area contributed by atoms with Gasteiger partial charge in [-0.1, -0.05) is 68.2 Å². The summed E-state index contributed by atoms with van der Waals surface area (Å²) in [7, 11) is 0. The minimum atomic E-state index is -1.02. The summed E-state index contributed by atoms with van der Waals surface area (Å²) in [5.74, 6) is 1.21. The van der Waals surface area contributed by atoms with E-state index in [-0.39, 0.29) is 17.2 Å². The lowest BCUT2D eigenvalue weighted by Crippen LogP contribution is -2.59. The number of piperidine rings is 1. The molecule has 226 valence electrons. The first kappa shape index (κ1) is 31.0. The smallest absolute Gasteiger partial charge is 0.326 e. The highest BCUT2D eigenvalue weighted by molar-refractivity contribution is 6.30. The third kappa shape index (κ3) is 5.53. The Balaban J connectivity index is 1.80. The number of amides is 2. The van der Waals surface area contributed by atoms with E-state index >= 15 is 0 Å². The summed E-state index contributed by atoms with van der Waals surface area (Å²) in [6, 6.07) is 16.8. The van der Waals surface area contributed by atoms with Gasteiger partial charge in [-0.15, -0.1) is 0 Å². The van der Waals surface area contributed by atoms with Crippen LogP contribution in [-0.4, -0.2) is 52.1 Å². The monoisotopic (exact) mass is 620 g/mol. The van der Waals surface area contributed by atoms with Crippen LogP contribution >= 0.6 is 23.2 Å². The first-order chi connectivity index (χ1) is 20.3. The van der Waals surface area contributed by atoms with E-state index in [2.05, 4.69) is 20.8 Å². The SMILES string of the molecule is CCOc1cc(C(C)(C)C)ncc1C1=N[C@@](C)(c2ccc(Cl)cc2)[C@@](C)(c2ccc(Cl)cc2)N1C(=O)N1CCC(=O)CC1. The molecule has 43 heavy (non-hydrogen) atoms. The second-order valence-electron chi connectivity index (χ2n) is 12.5. The molecule has 0 aliphatic carbocycles. The van der Waals surface area contributed by atoms with E-state index in [9.17, 15) is 9.59 Å². The highest BCUT2D eigenvalue weighted by Crippen LogP contribution is 2.54. The number of benzene rings is 2. The average Bonchev–Trinajstić information content (AvgIpc) is 3.21. The van der Waals surface area contributed by atoms with Crippen molar-refractivity contribution in [3.63, 3.8) is 0 Å². The summed E-state index contributed by atoms with van der Waals surface area (Å²) in [5.41, 5.74) is 1.02. The normalized spacial score (nSPS) is 22.5. The van der Waals surface area contributed by atoms with Gasteiger partial charge in [-0.25, -0.2) is 4.79 Å². The van der Waals surface area contributed by atoms with Crippen LogP contribution < -0.4 is 4.74 Å². The van der Waals surface area contributed by atoms with Gasteiger partial charge in [0.1, 0.15) is 28.4 Å². The number of pyridine rings is 1. The minimum absolute atomic E-state index is 0.159. The Hall–Kier alpha value is -3.42. The van der Waals surface area contributed by atoms with Crippen molar-refractivity contribution >= 4 is 40.9 Å². The molecular formula is C34H38Cl2N4O3. The van der Waals surface area contributed by atoms with Crippen LogP contribution in [0.2, 0.25) is 10.0 Å². The standard InChI is InChI=1S/C34H38Cl2N4O3/c1-7-43-28-20-29(32(2,3)4)37-21-27(28)30-38-33(5,22-8-12-24(35)13-9-22)34(6,23-10-14-25(36)15-11-23)40(30)31(42)39-18-16-26(41)17-19-39/h8-15,20-21H,7,16-19H2,1-6H3/t33-,34+/m0/s1. The number of aliphatic imine (C=N–C) groups is 1. The fourth-order valence-electron chi connectivity index (χ4n) is 5.95. The lowest BCUT2D eigenvalue weighted by atomic mass is 9.71. The molecule has 7 nitrogen and oxygen atoms in total. The summed E-state index contributed by atoms with van der Waals surface area (Å²) >= 11 is 12.7. The number of amidine groups is 1. The zero-order valence-corrected chi connectivity index (χ0v) is 27.1. The van der Waals surface area contributed by atoms with Gasteiger partial charge in [0, 0.05) is 59.3 Å². The molecule has 1 saturated heterocycles. The Morgan fingerprint density at radius 3 is 2.05 bits per heavy atom. The second-order valence-corrected chi connectivity index (χ2v) is 13.4. The van der Waals surface area contributed by atoms with E-state index in [0.717, 1.165) is 16.8 Å². The molecule has 0 saturated carbocycles. The van der Waals surface area contributed by atoms with Crippen LogP contribution in [0.15, 0.2) is 65.8 Å². The summed E-state index contributed by atoms with van der Waals surface area (Å²) in [5, 5.41) is 1.20. The molecule has 2 atom stereocenters. The lowest BCUT2D eigenvalue weighted by molar-refractivity contribution is -0.121. The van der Waals surface area contributed by atoms with Crippen LogP contribution in [0.25, 0.3) is 0 Å². The molecule has 1 fully saturated rings. The maximum Gasteiger partial charge on any atom is 0.326 e. The number of urea groups is 1. The Kier molecular flexibility index (Phi) is 8.36. The van der Waals surface area contributed by atoms with Gasteiger partial charge in [0.25, 0.3) is 0 Å². The molecule has 0 radical (unpaired) electrons. The van der Waals surface area contributed by atoms with Crippen molar-refractivity contribution in [3.8, 4) is 5.75 Å². The van der Waals surface area contributed by atoms with E-state index in [1.54, 1.807) is 16.0 Å². The number of ether oxygens (including phenoxy) is 1. The molecule has 1 aromatic heterocycles. The van der Waals surface area contributed by atoms with Gasteiger partial charge in [0.2, 0.25) is 0 Å². The van der Waals surface area contributed by atoms with E-state index in [1.165, 1.54) is 0 Å². The minimum Gasteiger partial charge on any atom is -0.493 e. The molecule has 2 amide bonds. The average molecular weight is 622 g/mol. The van der Waals surface area contributed by atoms with Crippen LogP contribution in [0, 0.1) is 0 Å².